The van der Waals surface area contributed by atoms with Gasteiger partial charge in [-0.3, -0.25) is 4.79 Å². The fourth-order valence-corrected chi connectivity index (χ4v) is 6.47. The number of aliphatic imine (C=N–C) groups is 3. The molecule has 0 radical (unpaired) electrons. The summed E-state index contributed by atoms with van der Waals surface area (Å²) >= 11 is 0. The van der Waals surface area contributed by atoms with Gasteiger partial charge in [0, 0.05) is 40.2 Å². The maximum Gasteiger partial charge on any atom is 0.305 e. The van der Waals surface area contributed by atoms with Crippen LogP contribution in [0.4, 0.5) is 0 Å². The van der Waals surface area contributed by atoms with Gasteiger partial charge < -0.3 is 14.8 Å². The maximum atomic E-state index is 12.2. The van der Waals surface area contributed by atoms with Crippen molar-refractivity contribution < 1.29 is 14.6 Å². The average Bonchev–Trinajstić information content (AvgIpc) is 3.71. The number of nitrogens with one attached hydrogen (secondary N) is 1. The zero-order chi connectivity index (χ0) is 29.9. The minimum Gasteiger partial charge on any atom is -0.511 e. The number of carbonyl (C=O) groups is 1. The van der Waals surface area contributed by atoms with Crippen molar-refractivity contribution in [3.63, 3.8) is 0 Å². The molecule has 42 heavy (non-hydrogen) atoms. The molecule has 5 aliphatic rings. The lowest BCUT2D eigenvalue weighted by molar-refractivity contribution is -0.140. The van der Waals surface area contributed by atoms with E-state index in [9.17, 15) is 9.90 Å². The van der Waals surface area contributed by atoms with Gasteiger partial charge in [0.1, 0.15) is 5.76 Å². The molecule has 0 saturated heterocycles. The number of carbonyl (C=O) groups excluding carboxylic acids is 1. The van der Waals surface area contributed by atoms with Crippen LogP contribution in [0.2, 0.25) is 0 Å². The maximum absolute atomic E-state index is 12.2. The summed E-state index contributed by atoms with van der Waals surface area (Å²) in [5, 5.41) is 13.1. The monoisotopic (exact) mass is 560 g/mol. The van der Waals surface area contributed by atoms with Crippen LogP contribution in [0.25, 0.3) is 18.2 Å². The van der Waals surface area contributed by atoms with Gasteiger partial charge in [-0.15, -0.1) is 0 Å². The Morgan fingerprint density at radius 2 is 1.71 bits per heavy atom. The van der Waals surface area contributed by atoms with E-state index < -0.39 is 0 Å². The number of hydrogen-bond donors (Lipinski definition) is 2. The number of allylic oxidation sites excluding steroid dienone is 9. The molecule has 5 heterocycles. The van der Waals surface area contributed by atoms with Crippen molar-refractivity contribution in [2.75, 3.05) is 7.11 Å². The number of aliphatic hydroxyl groups excluding tert-OH is 1. The molecular formula is C35H36N4O3. The van der Waals surface area contributed by atoms with Crippen LogP contribution >= 0.6 is 0 Å². The van der Waals surface area contributed by atoms with Gasteiger partial charge in [-0.05, 0) is 99.1 Å². The Balaban J connectivity index is 1.68. The highest BCUT2D eigenvalue weighted by Gasteiger charge is 2.37. The van der Waals surface area contributed by atoms with Gasteiger partial charge in [-0.25, -0.2) is 15.0 Å². The Bertz CT molecular complexity index is 1920. The number of methoxy groups -OCH3 is 1. The Morgan fingerprint density at radius 1 is 1.00 bits per heavy atom. The summed E-state index contributed by atoms with van der Waals surface area (Å²) in [4.78, 5) is 31.1. The SMILES string of the molecule is C/C=C/c1c(C)c2[nH]c1=CC1=NC(=CC3=C(C)C4=C(O)CC(=C5N=C(C=2)C(C)=C5CCC(=O)OC)C4=N3)C(CC)=C1C. The lowest BCUT2D eigenvalue weighted by Gasteiger charge is -2.09. The highest BCUT2D eigenvalue weighted by Crippen LogP contribution is 2.44. The summed E-state index contributed by atoms with van der Waals surface area (Å²) in [6.45, 7) is 12.5. The van der Waals surface area contributed by atoms with Crippen molar-refractivity contribution in [3.8, 4) is 0 Å². The van der Waals surface area contributed by atoms with Crippen molar-refractivity contribution in [3.05, 3.63) is 95.8 Å². The summed E-state index contributed by atoms with van der Waals surface area (Å²) < 4.78 is 4.96. The first kappa shape index (κ1) is 27.6. The van der Waals surface area contributed by atoms with Crippen LogP contribution < -0.4 is 10.7 Å². The molecule has 7 heteroatoms. The van der Waals surface area contributed by atoms with Crippen molar-refractivity contribution >= 4 is 41.3 Å². The Morgan fingerprint density at radius 3 is 2.43 bits per heavy atom. The van der Waals surface area contributed by atoms with Gasteiger partial charge >= 0.3 is 5.97 Å². The minimum atomic E-state index is -0.268. The highest BCUT2D eigenvalue weighted by atomic mass is 16.5. The van der Waals surface area contributed by atoms with Crippen molar-refractivity contribution in [1.29, 1.82) is 0 Å². The third kappa shape index (κ3) is 4.26. The molecule has 0 aromatic carbocycles. The Labute approximate surface area is 245 Å². The van der Waals surface area contributed by atoms with E-state index in [0.717, 1.165) is 95.9 Å². The smallest absolute Gasteiger partial charge is 0.305 e. The molecule has 8 bridgehead atoms. The quantitative estimate of drug-likeness (QED) is 0.438. The molecule has 1 aromatic rings. The van der Waals surface area contributed by atoms with E-state index in [-0.39, 0.29) is 12.4 Å². The number of ether oxygens (including phenoxy) is 1. The van der Waals surface area contributed by atoms with E-state index in [4.69, 9.17) is 19.7 Å². The van der Waals surface area contributed by atoms with Crippen LogP contribution in [0.3, 0.4) is 0 Å². The molecule has 214 valence electrons. The average molecular weight is 561 g/mol. The molecule has 4 aliphatic heterocycles. The zero-order valence-electron chi connectivity index (χ0n) is 25.3. The molecular weight excluding hydrogens is 524 g/mol. The van der Waals surface area contributed by atoms with Crippen molar-refractivity contribution in [2.45, 2.75) is 67.2 Å². The number of hydrogen-bond acceptors (Lipinski definition) is 6. The molecule has 0 fully saturated rings. The topological polar surface area (TPSA) is 99.4 Å². The Hall–Kier alpha value is -4.52. The standard InChI is InChI=1S/C35H36N4O3/c1-8-10-22-18(4)25-14-27-19(5)23(11-12-32(41)42-7)34(38-27)24-13-31(40)33-20(6)28(39-35(24)33)16-29-21(9-2)17(3)26(36-29)15-30(22)37-25/h8,10,14-16,37,40H,9,11-13H2,1-7H3/b10-8+,25-14?,29-16?,30-15?,34-24?. The molecule has 0 atom stereocenters. The number of aliphatic hydroxyl groups is 1. The lowest BCUT2D eigenvalue weighted by atomic mass is 9.96. The van der Waals surface area contributed by atoms with E-state index in [0.29, 0.717) is 18.6 Å². The molecule has 2 N–H and O–H groups in total. The van der Waals surface area contributed by atoms with E-state index in [1.807, 2.05) is 19.9 Å². The van der Waals surface area contributed by atoms with Crippen LogP contribution in [0.15, 0.2) is 89.0 Å². The summed E-state index contributed by atoms with van der Waals surface area (Å²) in [5.41, 5.74) is 14.2. The molecule has 0 unspecified atom stereocenters. The van der Waals surface area contributed by atoms with Crippen molar-refractivity contribution in [2.24, 2.45) is 15.0 Å². The molecule has 0 spiro atoms. The van der Waals surface area contributed by atoms with Gasteiger partial charge in [-0.1, -0.05) is 19.1 Å². The first-order valence-corrected chi connectivity index (χ1v) is 14.5. The van der Waals surface area contributed by atoms with Gasteiger partial charge in [-0.2, -0.15) is 0 Å². The second-order valence-electron chi connectivity index (χ2n) is 11.2. The summed E-state index contributed by atoms with van der Waals surface area (Å²) in [7, 11) is 1.41. The second-order valence-corrected chi connectivity index (χ2v) is 11.2. The van der Waals surface area contributed by atoms with Gasteiger partial charge in [0.05, 0.1) is 41.3 Å². The Kier molecular flexibility index (Phi) is 6.84. The largest absolute Gasteiger partial charge is 0.511 e. The molecule has 0 saturated carbocycles. The van der Waals surface area contributed by atoms with Crippen LogP contribution in [0.5, 0.6) is 0 Å². The fourth-order valence-electron chi connectivity index (χ4n) is 6.47. The summed E-state index contributed by atoms with van der Waals surface area (Å²) in [6, 6.07) is 0. The first-order valence-electron chi connectivity index (χ1n) is 14.5. The third-order valence-electron chi connectivity index (χ3n) is 8.87. The number of H-pyrrole nitrogens is 1. The van der Waals surface area contributed by atoms with E-state index in [1.54, 1.807) is 0 Å². The van der Waals surface area contributed by atoms with Crippen LogP contribution in [0, 0.1) is 6.92 Å². The minimum absolute atomic E-state index is 0.244. The normalized spacial score (nSPS) is 19.6. The number of fused-ring (bicyclic) bond motifs is 5. The van der Waals surface area contributed by atoms with Gasteiger partial charge in [0.2, 0.25) is 0 Å². The molecule has 6 rings (SSSR count). The molecule has 7 nitrogen and oxygen atoms in total. The molecule has 0 amide bonds. The first-order chi connectivity index (χ1) is 20.2. The summed E-state index contributed by atoms with van der Waals surface area (Å²) in [6.07, 6.45) is 12.4. The number of rotatable bonds is 5. The number of aromatic nitrogens is 1. The predicted octanol–water partition coefficient (Wildman–Crippen LogP) is 5.92. The van der Waals surface area contributed by atoms with E-state index >= 15 is 0 Å². The number of nitrogens with zero attached hydrogens (tertiary/aromatic N) is 3. The number of aromatic amines is 1. The van der Waals surface area contributed by atoms with Crippen molar-refractivity contribution in [1.82, 2.24) is 4.98 Å². The molecule has 1 aromatic heterocycles. The van der Waals surface area contributed by atoms with Gasteiger partial charge in [0.15, 0.2) is 0 Å². The molecule has 1 aliphatic carbocycles. The summed E-state index contributed by atoms with van der Waals surface area (Å²) in [5.74, 6) is 0.0315. The predicted molar refractivity (Wildman–Crippen MR) is 170 cm³/mol. The van der Waals surface area contributed by atoms with Crippen LogP contribution in [-0.4, -0.2) is 40.3 Å². The third-order valence-corrected chi connectivity index (χ3v) is 8.87. The van der Waals surface area contributed by atoms with E-state index in [1.165, 1.54) is 12.7 Å². The second kappa shape index (κ2) is 10.4. The van der Waals surface area contributed by atoms with Gasteiger partial charge in [0.25, 0.3) is 0 Å². The zero-order valence-corrected chi connectivity index (χ0v) is 25.3. The number of esters is 1. The fraction of sp³-hybridized carbons (Fsp3) is 0.314. The van der Waals surface area contributed by atoms with Crippen LogP contribution in [-0.2, 0) is 9.53 Å². The van der Waals surface area contributed by atoms with E-state index in [2.05, 4.69) is 57.0 Å². The lowest BCUT2D eigenvalue weighted by Crippen LogP contribution is -2.15. The van der Waals surface area contributed by atoms with Crippen LogP contribution in [0.1, 0.15) is 71.4 Å². The highest BCUT2D eigenvalue weighted by molar-refractivity contribution is 6.26.